The van der Waals surface area contributed by atoms with Crippen LogP contribution in [0.2, 0.25) is 0 Å². The molecule has 1 atom stereocenters. The Morgan fingerprint density at radius 3 is 3.00 bits per heavy atom. The number of hydrogen-bond acceptors (Lipinski definition) is 3. The molecule has 2 rings (SSSR count). The topological polar surface area (TPSA) is 24.5 Å². The number of nitrogens with one attached hydrogen (secondary N) is 1. The van der Waals surface area contributed by atoms with E-state index in [0.29, 0.717) is 0 Å². The normalized spacial score (nSPS) is 19.7. The fourth-order valence-corrected chi connectivity index (χ4v) is 3.16. The van der Waals surface area contributed by atoms with Gasteiger partial charge in [0.15, 0.2) is 0 Å². The maximum atomic E-state index is 5.43. The smallest absolute Gasteiger partial charge is 0.123 e. The quantitative estimate of drug-likeness (QED) is 0.900. The predicted molar refractivity (Wildman–Crippen MR) is 82.6 cm³/mol. The summed E-state index contributed by atoms with van der Waals surface area (Å²) in [6.45, 7) is 4.40. The monoisotopic (exact) mass is 326 g/mol. The van der Waals surface area contributed by atoms with Crippen molar-refractivity contribution in [2.45, 2.75) is 19.4 Å². The molecule has 0 radical (unpaired) electrons. The molecule has 0 bridgehead atoms. The molecule has 1 aromatic rings. The third-order valence-electron chi connectivity index (χ3n) is 3.65. The summed E-state index contributed by atoms with van der Waals surface area (Å²) >= 11 is 3.53. The zero-order chi connectivity index (χ0) is 13.7. The highest BCUT2D eigenvalue weighted by Gasteiger charge is 2.16. The summed E-state index contributed by atoms with van der Waals surface area (Å²) < 4.78 is 6.54. The fourth-order valence-electron chi connectivity index (χ4n) is 2.75. The van der Waals surface area contributed by atoms with Crippen molar-refractivity contribution in [1.82, 2.24) is 10.2 Å². The first-order chi connectivity index (χ1) is 9.19. The minimum Gasteiger partial charge on any atom is -0.496 e. The SMILES string of the molecule is COc1ccc(Br)cc1CN(C)CC1CCCNC1. The Morgan fingerprint density at radius 2 is 2.32 bits per heavy atom. The molecule has 1 aromatic carbocycles. The van der Waals surface area contributed by atoms with E-state index >= 15 is 0 Å². The molecule has 0 amide bonds. The van der Waals surface area contributed by atoms with Crippen molar-refractivity contribution in [3.63, 3.8) is 0 Å². The number of benzene rings is 1. The van der Waals surface area contributed by atoms with Gasteiger partial charge >= 0.3 is 0 Å². The van der Waals surface area contributed by atoms with Gasteiger partial charge in [0.25, 0.3) is 0 Å². The third-order valence-corrected chi connectivity index (χ3v) is 4.14. The summed E-state index contributed by atoms with van der Waals surface area (Å²) in [4.78, 5) is 2.39. The van der Waals surface area contributed by atoms with Crippen LogP contribution < -0.4 is 10.1 Å². The van der Waals surface area contributed by atoms with E-state index in [1.165, 1.54) is 24.9 Å². The van der Waals surface area contributed by atoms with Gasteiger partial charge < -0.3 is 15.0 Å². The van der Waals surface area contributed by atoms with Gasteiger partial charge in [0.2, 0.25) is 0 Å². The standard InChI is InChI=1S/C15H23BrN2O/c1-18(10-12-4-3-7-17-9-12)11-13-8-14(16)5-6-15(13)19-2/h5-6,8,12,17H,3-4,7,9-11H2,1-2H3. The second-order valence-corrected chi connectivity index (χ2v) is 6.28. The molecule has 1 fully saturated rings. The minimum absolute atomic E-state index is 0.775. The van der Waals surface area contributed by atoms with Crippen LogP contribution in [0.25, 0.3) is 0 Å². The molecule has 0 spiro atoms. The van der Waals surface area contributed by atoms with Crippen LogP contribution in [0.5, 0.6) is 5.75 Å². The van der Waals surface area contributed by atoms with Crippen molar-refractivity contribution >= 4 is 15.9 Å². The molecule has 1 unspecified atom stereocenters. The van der Waals surface area contributed by atoms with Crippen LogP contribution in [0, 0.1) is 5.92 Å². The number of rotatable bonds is 5. The average Bonchev–Trinajstić information content (AvgIpc) is 2.40. The van der Waals surface area contributed by atoms with Gasteiger partial charge in [0.05, 0.1) is 7.11 Å². The van der Waals surface area contributed by atoms with Crippen molar-refractivity contribution in [2.75, 3.05) is 33.8 Å². The summed E-state index contributed by atoms with van der Waals surface area (Å²) in [6, 6.07) is 6.19. The lowest BCUT2D eigenvalue weighted by Gasteiger charge is -2.28. The van der Waals surface area contributed by atoms with E-state index in [0.717, 1.165) is 35.8 Å². The number of ether oxygens (including phenoxy) is 1. The van der Waals surface area contributed by atoms with Crippen LogP contribution in [-0.4, -0.2) is 38.7 Å². The Bertz CT molecular complexity index is 405. The lowest BCUT2D eigenvalue weighted by molar-refractivity contribution is 0.235. The van der Waals surface area contributed by atoms with E-state index in [1.54, 1.807) is 7.11 Å². The van der Waals surface area contributed by atoms with Gasteiger partial charge in [-0.25, -0.2) is 0 Å². The Labute approximate surface area is 124 Å². The molecule has 1 aliphatic rings. The van der Waals surface area contributed by atoms with Gasteiger partial charge in [0.1, 0.15) is 5.75 Å². The maximum absolute atomic E-state index is 5.43. The molecular weight excluding hydrogens is 304 g/mol. The van der Waals surface area contributed by atoms with Crippen LogP contribution in [0.15, 0.2) is 22.7 Å². The highest BCUT2D eigenvalue weighted by molar-refractivity contribution is 9.10. The van der Waals surface area contributed by atoms with E-state index in [2.05, 4.69) is 39.3 Å². The fraction of sp³-hybridized carbons (Fsp3) is 0.600. The van der Waals surface area contributed by atoms with Gasteiger partial charge in [-0.1, -0.05) is 15.9 Å². The number of piperidine rings is 1. The van der Waals surface area contributed by atoms with E-state index in [4.69, 9.17) is 4.74 Å². The zero-order valence-corrected chi connectivity index (χ0v) is 13.4. The highest BCUT2D eigenvalue weighted by atomic mass is 79.9. The summed E-state index contributed by atoms with van der Waals surface area (Å²) in [6.07, 6.45) is 2.64. The first-order valence-electron chi connectivity index (χ1n) is 6.90. The number of methoxy groups -OCH3 is 1. The molecule has 3 nitrogen and oxygen atoms in total. The lowest BCUT2D eigenvalue weighted by atomic mass is 9.99. The van der Waals surface area contributed by atoms with Gasteiger partial charge in [-0.05, 0) is 57.1 Å². The van der Waals surface area contributed by atoms with Crippen molar-refractivity contribution < 1.29 is 4.74 Å². The van der Waals surface area contributed by atoms with E-state index in [-0.39, 0.29) is 0 Å². The Balaban J connectivity index is 1.93. The average molecular weight is 327 g/mol. The molecule has 0 aromatic heterocycles. The summed E-state index contributed by atoms with van der Waals surface area (Å²) in [5, 5.41) is 3.48. The second kappa shape index (κ2) is 7.27. The molecular formula is C15H23BrN2O. The van der Waals surface area contributed by atoms with Crippen LogP contribution in [0.1, 0.15) is 18.4 Å². The van der Waals surface area contributed by atoms with Gasteiger partial charge in [-0.15, -0.1) is 0 Å². The maximum Gasteiger partial charge on any atom is 0.123 e. The summed E-state index contributed by atoms with van der Waals surface area (Å²) in [5.74, 6) is 1.74. The minimum atomic E-state index is 0.775. The molecule has 106 valence electrons. The molecule has 0 aliphatic carbocycles. The van der Waals surface area contributed by atoms with Crippen LogP contribution in [-0.2, 0) is 6.54 Å². The molecule has 1 aliphatic heterocycles. The summed E-state index contributed by atoms with van der Waals surface area (Å²) in [5.41, 5.74) is 1.24. The lowest BCUT2D eigenvalue weighted by Crippen LogP contribution is -2.36. The summed E-state index contributed by atoms with van der Waals surface area (Å²) in [7, 11) is 3.92. The largest absolute Gasteiger partial charge is 0.496 e. The molecule has 4 heteroatoms. The zero-order valence-electron chi connectivity index (χ0n) is 11.8. The van der Waals surface area contributed by atoms with Gasteiger partial charge in [0, 0.05) is 23.1 Å². The Hall–Kier alpha value is -0.580. The van der Waals surface area contributed by atoms with Crippen LogP contribution in [0.4, 0.5) is 0 Å². The van der Waals surface area contributed by atoms with Crippen molar-refractivity contribution in [3.05, 3.63) is 28.2 Å². The first kappa shape index (κ1) is 14.8. The Kier molecular flexibility index (Phi) is 5.67. The van der Waals surface area contributed by atoms with Crippen LogP contribution in [0.3, 0.4) is 0 Å². The van der Waals surface area contributed by atoms with Crippen molar-refractivity contribution in [1.29, 1.82) is 0 Å². The van der Waals surface area contributed by atoms with Crippen molar-refractivity contribution in [2.24, 2.45) is 5.92 Å². The number of nitrogens with zero attached hydrogens (tertiary/aromatic N) is 1. The van der Waals surface area contributed by atoms with Gasteiger partial charge in [-0.2, -0.15) is 0 Å². The Morgan fingerprint density at radius 1 is 1.47 bits per heavy atom. The van der Waals surface area contributed by atoms with E-state index < -0.39 is 0 Å². The van der Waals surface area contributed by atoms with Crippen LogP contribution >= 0.6 is 15.9 Å². The molecule has 0 saturated carbocycles. The first-order valence-corrected chi connectivity index (χ1v) is 7.70. The third kappa shape index (κ3) is 4.48. The van der Waals surface area contributed by atoms with E-state index in [9.17, 15) is 0 Å². The molecule has 1 heterocycles. The van der Waals surface area contributed by atoms with Crippen molar-refractivity contribution in [3.8, 4) is 5.75 Å². The highest BCUT2D eigenvalue weighted by Crippen LogP contribution is 2.24. The van der Waals surface area contributed by atoms with Gasteiger partial charge in [-0.3, -0.25) is 0 Å². The molecule has 19 heavy (non-hydrogen) atoms. The predicted octanol–water partition coefficient (Wildman–Crippen LogP) is 2.89. The molecule has 1 saturated heterocycles. The molecule has 1 N–H and O–H groups in total. The number of hydrogen-bond donors (Lipinski definition) is 1. The van der Waals surface area contributed by atoms with E-state index in [1.807, 2.05) is 12.1 Å². The second-order valence-electron chi connectivity index (χ2n) is 5.37. The number of halogens is 1.